The monoisotopic (exact) mass is 154 g/mol. The van der Waals surface area contributed by atoms with Gasteiger partial charge in [0.1, 0.15) is 0 Å². The van der Waals surface area contributed by atoms with Crippen molar-refractivity contribution in [3.8, 4) is 11.5 Å². The van der Waals surface area contributed by atoms with Gasteiger partial charge in [0, 0.05) is 0 Å². The van der Waals surface area contributed by atoms with Crippen molar-refractivity contribution in [3.63, 3.8) is 0 Å². The quantitative estimate of drug-likeness (QED) is 0.320. The molecular formula is C6H6N2O3. The predicted molar refractivity (Wildman–Crippen MR) is 39.6 cm³/mol. The summed E-state index contributed by atoms with van der Waals surface area (Å²) in [6.07, 6.45) is 0. The third-order valence-corrected chi connectivity index (χ3v) is 1.26. The Morgan fingerprint density at radius 3 is 2.45 bits per heavy atom. The first kappa shape index (κ1) is 7.33. The molecule has 1 rings (SSSR count). The lowest BCUT2D eigenvalue weighted by Crippen LogP contribution is -1.84. The predicted octanol–water partition coefficient (Wildman–Crippen LogP) is 1.08. The number of hydrogen-bond acceptors (Lipinski definition) is 5. The second kappa shape index (κ2) is 2.45. The molecule has 0 radical (unpaired) electrons. The lowest BCUT2D eigenvalue weighted by atomic mass is 10.2. The average Bonchev–Trinajstić information content (AvgIpc) is 2.01. The summed E-state index contributed by atoms with van der Waals surface area (Å²) in [5.41, 5.74) is 4.97. The molecule has 0 fully saturated rings. The number of nitroso groups, excluding NO2 is 1. The number of benzene rings is 1. The maximum absolute atomic E-state index is 9.93. The van der Waals surface area contributed by atoms with Crippen LogP contribution in [-0.4, -0.2) is 10.2 Å². The van der Waals surface area contributed by atoms with Crippen LogP contribution in [0.25, 0.3) is 0 Å². The fraction of sp³-hybridized carbons (Fsp3) is 0. The molecule has 0 aliphatic carbocycles. The number of rotatable bonds is 1. The molecule has 5 nitrogen and oxygen atoms in total. The van der Waals surface area contributed by atoms with Crippen LogP contribution >= 0.6 is 0 Å². The molecule has 58 valence electrons. The Morgan fingerprint density at radius 1 is 1.27 bits per heavy atom. The summed E-state index contributed by atoms with van der Waals surface area (Å²) in [4.78, 5) is 9.93. The largest absolute Gasteiger partial charge is 0.503 e. The van der Waals surface area contributed by atoms with Crippen LogP contribution in [0.4, 0.5) is 11.4 Å². The Bertz CT molecular complexity index is 298. The third-order valence-electron chi connectivity index (χ3n) is 1.26. The van der Waals surface area contributed by atoms with Crippen LogP contribution in [0.2, 0.25) is 0 Å². The maximum Gasteiger partial charge on any atom is 0.189 e. The highest BCUT2D eigenvalue weighted by molar-refractivity contribution is 5.68. The topological polar surface area (TPSA) is 95.9 Å². The van der Waals surface area contributed by atoms with E-state index in [4.69, 9.17) is 15.9 Å². The smallest absolute Gasteiger partial charge is 0.189 e. The summed E-state index contributed by atoms with van der Waals surface area (Å²) >= 11 is 0. The number of phenolic OH excluding ortho intramolecular Hbond substituents is 2. The Morgan fingerprint density at radius 2 is 1.91 bits per heavy atom. The molecule has 0 bridgehead atoms. The fourth-order valence-electron chi connectivity index (χ4n) is 0.658. The van der Waals surface area contributed by atoms with E-state index in [1.807, 2.05) is 0 Å². The summed E-state index contributed by atoms with van der Waals surface area (Å²) in [6, 6.07) is 2.50. The molecule has 0 atom stereocenters. The van der Waals surface area contributed by atoms with Gasteiger partial charge in [-0.15, -0.1) is 4.91 Å². The van der Waals surface area contributed by atoms with Crippen molar-refractivity contribution in [3.05, 3.63) is 17.0 Å². The van der Waals surface area contributed by atoms with Gasteiger partial charge in [-0.1, -0.05) is 0 Å². The van der Waals surface area contributed by atoms with Crippen LogP contribution in [0.5, 0.6) is 11.5 Å². The molecule has 4 N–H and O–H groups in total. The lowest BCUT2D eigenvalue weighted by Gasteiger charge is -2.00. The van der Waals surface area contributed by atoms with Gasteiger partial charge in [-0.05, 0) is 17.3 Å². The minimum Gasteiger partial charge on any atom is -0.503 e. The molecule has 11 heavy (non-hydrogen) atoms. The van der Waals surface area contributed by atoms with E-state index in [0.717, 1.165) is 0 Å². The lowest BCUT2D eigenvalue weighted by molar-refractivity contribution is 0.407. The van der Waals surface area contributed by atoms with Crippen molar-refractivity contribution < 1.29 is 10.2 Å². The van der Waals surface area contributed by atoms with Crippen LogP contribution in [0.15, 0.2) is 17.3 Å². The van der Waals surface area contributed by atoms with Crippen molar-refractivity contribution in [2.45, 2.75) is 0 Å². The van der Waals surface area contributed by atoms with E-state index in [1.165, 1.54) is 12.1 Å². The molecule has 0 aliphatic heterocycles. The number of nitrogens with two attached hydrogens (primary N) is 1. The Kier molecular flexibility index (Phi) is 1.63. The fourth-order valence-corrected chi connectivity index (χ4v) is 0.658. The Labute approximate surface area is 62.1 Å². The minimum atomic E-state index is -0.583. The standard InChI is InChI=1S/C6H6N2O3/c7-3-1-2-4(8-11)6(10)5(3)9/h1-2,9-10H,7H2. The van der Waals surface area contributed by atoms with Gasteiger partial charge < -0.3 is 15.9 Å². The van der Waals surface area contributed by atoms with E-state index >= 15 is 0 Å². The van der Waals surface area contributed by atoms with Crippen molar-refractivity contribution in [1.29, 1.82) is 0 Å². The number of anilines is 1. The highest BCUT2D eigenvalue weighted by atomic mass is 16.3. The summed E-state index contributed by atoms with van der Waals surface area (Å²) in [5.74, 6) is -1.10. The summed E-state index contributed by atoms with van der Waals surface area (Å²) in [6.45, 7) is 0. The summed E-state index contributed by atoms with van der Waals surface area (Å²) < 4.78 is 0. The molecule has 0 aliphatic rings. The molecule has 1 aromatic carbocycles. The Hall–Kier alpha value is -1.78. The Balaban J connectivity index is 3.36. The van der Waals surface area contributed by atoms with Gasteiger partial charge in [-0.25, -0.2) is 0 Å². The van der Waals surface area contributed by atoms with Crippen LogP contribution in [-0.2, 0) is 0 Å². The number of hydrogen-bond donors (Lipinski definition) is 3. The van der Waals surface area contributed by atoms with Crippen molar-refractivity contribution in [2.75, 3.05) is 5.73 Å². The maximum atomic E-state index is 9.93. The zero-order chi connectivity index (χ0) is 8.43. The summed E-state index contributed by atoms with van der Waals surface area (Å²) in [5, 5.41) is 20.4. The number of nitrogens with zero attached hydrogens (tertiary/aromatic N) is 1. The van der Waals surface area contributed by atoms with Gasteiger partial charge >= 0.3 is 0 Å². The first-order valence-corrected chi connectivity index (χ1v) is 2.80. The van der Waals surface area contributed by atoms with Crippen LogP contribution < -0.4 is 5.73 Å². The van der Waals surface area contributed by atoms with E-state index < -0.39 is 11.5 Å². The normalized spacial score (nSPS) is 9.45. The molecule has 1 aromatic rings. The molecule has 0 amide bonds. The summed E-state index contributed by atoms with van der Waals surface area (Å²) in [7, 11) is 0. The molecule has 0 spiro atoms. The van der Waals surface area contributed by atoms with Crippen LogP contribution in [0.3, 0.4) is 0 Å². The van der Waals surface area contributed by atoms with Crippen molar-refractivity contribution >= 4 is 11.4 Å². The minimum absolute atomic E-state index is 0.00917. The molecule has 0 aromatic heterocycles. The van der Waals surface area contributed by atoms with E-state index in [-0.39, 0.29) is 11.4 Å². The van der Waals surface area contributed by atoms with Gasteiger partial charge in [0.05, 0.1) is 5.69 Å². The SMILES string of the molecule is Nc1ccc(N=O)c(O)c1O. The molecule has 0 heterocycles. The molecular weight excluding hydrogens is 148 g/mol. The van der Waals surface area contributed by atoms with E-state index in [2.05, 4.69) is 5.18 Å². The zero-order valence-electron chi connectivity index (χ0n) is 5.48. The van der Waals surface area contributed by atoms with Gasteiger partial charge in [-0.3, -0.25) is 0 Å². The first-order chi connectivity index (χ1) is 5.16. The van der Waals surface area contributed by atoms with E-state index in [1.54, 1.807) is 0 Å². The molecule has 0 unspecified atom stereocenters. The van der Waals surface area contributed by atoms with Gasteiger partial charge in [-0.2, -0.15) is 0 Å². The van der Waals surface area contributed by atoms with Gasteiger partial charge in [0.25, 0.3) is 0 Å². The molecule has 0 saturated carbocycles. The van der Waals surface area contributed by atoms with Crippen LogP contribution in [0, 0.1) is 4.91 Å². The van der Waals surface area contributed by atoms with Crippen molar-refractivity contribution in [1.82, 2.24) is 0 Å². The number of nitrogen functional groups attached to an aromatic ring is 1. The highest BCUT2D eigenvalue weighted by Crippen LogP contribution is 2.39. The number of aromatic hydroxyl groups is 2. The van der Waals surface area contributed by atoms with E-state index in [9.17, 15) is 4.91 Å². The molecule has 0 saturated heterocycles. The number of phenols is 2. The van der Waals surface area contributed by atoms with E-state index in [0.29, 0.717) is 0 Å². The zero-order valence-corrected chi connectivity index (χ0v) is 5.48. The third kappa shape index (κ3) is 1.07. The second-order valence-corrected chi connectivity index (χ2v) is 1.96. The second-order valence-electron chi connectivity index (χ2n) is 1.96. The first-order valence-electron chi connectivity index (χ1n) is 2.80. The van der Waals surface area contributed by atoms with Gasteiger partial charge in [0.2, 0.25) is 0 Å². The van der Waals surface area contributed by atoms with Gasteiger partial charge in [0.15, 0.2) is 17.2 Å². The molecule has 5 heteroatoms. The van der Waals surface area contributed by atoms with Crippen LogP contribution in [0.1, 0.15) is 0 Å². The van der Waals surface area contributed by atoms with Crippen molar-refractivity contribution in [2.24, 2.45) is 5.18 Å². The highest BCUT2D eigenvalue weighted by Gasteiger charge is 2.08. The average molecular weight is 154 g/mol.